The van der Waals surface area contributed by atoms with Gasteiger partial charge in [0.25, 0.3) is 0 Å². The Morgan fingerprint density at radius 1 is 1.27 bits per heavy atom. The molecule has 1 N–H and O–H groups in total. The van der Waals surface area contributed by atoms with Crippen LogP contribution >= 0.6 is 0 Å². The van der Waals surface area contributed by atoms with Crippen LogP contribution in [0, 0.1) is 5.92 Å². The minimum absolute atomic E-state index is 0.00691. The number of epoxide rings is 1. The van der Waals surface area contributed by atoms with E-state index in [1.54, 1.807) is 0 Å². The second kappa shape index (κ2) is 8.53. The van der Waals surface area contributed by atoms with Crippen LogP contribution in [0.1, 0.15) is 67.2 Å². The average molecular weight is 363 g/mol. The Morgan fingerprint density at radius 2 is 1.96 bits per heavy atom. The predicted octanol–water partition coefficient (Wildman–Crippen LogP) is 4.49. The van der Waals surface area contributed by atoms with E-state index in [1.807, 2.05) is 13.0 Å². The molecule has 26 heavy (non-hydrogen) atoms. The smallest absolute Gasteiger partial charge is 0.303 e. The number of rotatable bonds is 2. The van der Waals surface area contributed by atoms with Gasteiger partial charge in [0.2, 0.25) is 0 Å². The summed E-state index contributed by atoms with van der Waals surface area (Å²) in [5, 5.41) is 11.1. The summed E-state index contributed by atoms with van der Waals surface area (Å²) in [6.07, 6.45) is 8.67. The number of aliphatic hydroxyl groups is 1. The zero-order valence-electron chi connectivity index (χ0n) is 17.0. The average Bonchev–Trinajstić information content (AvgIpc) is 3.22. The van der Waals surface area contributed by atoms with Crippen molar-refractivity contribution in [1.29, 1.82) is 0 Å². The number of hydrogen-bond acceptors (Lipinski definition) is 4. The lowest BCUT2D eigenvalue weighted by atomic mass is 9.85. The first-order chi connectivity index (χ1) is 12.1. The summed E-state index contributed by atoms with van der Waals surface area (Å²) < 4.78 is 11.5. The molecule has 2 rings (SSSR count). The highest BCUT2D eigenvalue weighted by Gasteiger charge is 2.60. The van der Waals surface area contributed by atoms with Crippen molar-refractivity contribution in [3.8, 4) is 0 Å². The maximum atomic E-state index is 11.7. The molecule has 0 bridgehead atoms. The Hall–Kier alpha value is -1.39. The van der Waals surface area contributed by atoms with Crippen molar-refractivity contribution in [2.75, 3.05) is 0 Å². The molecule has 0 radical (unpaired) electrons. The summed E-state index contributed by atoms with van der Waals surface area (Å²) in [6.45, 7) is 11.7. The van der Waals surface area contributed by atoms with Gasteiger partial charge in [0.15, 0.2) is 6.10 Å². The van der Waals surface area contributed by atoms with Crippen LogP contribution in [0.4, 0.5) is 0 Å². The number of esters is 1. The third-order valence-electron chi connectivity index (χ3n) is 5.53. The highest BCUT2D eigenvalue weighted by atomic mass is 16.6. The molecule has 4 atom stereocenters. The molecule has 146 valence electrons. The molecule has 0 amide bonds. The molecule has 1 heterocycles. The molecule has 4 heteroatoms. The van der Waals surface area contributed by atoms with Crippen molar-refractivity contribution >= 4 is 5.97 Å². The van der Waals surface area contributed by atoms with Gasteiger partial charge < -0.3 is 14.6 Å². The normalized spacial score (nSPS) is 39.4. The molecule has 1 saturated heterocycles. The topological polar surface area (TPSA) is 59.1 Å². The second-order valence-electron chi connectivity index (χ2n) is 8.23. The largest absolute Gasteiger partial charge is 0.455 e. The van der Waals surface area contributed by atoms with Crippen LogP contribution in [0.15, 0.2) is 34.9 Å². The lowest BCUT2D eigenvalue weighted by Gasteiger charge is -2.30. The molecule has 0 spiro atoms. The lowest BCUT2D eigenvalue weighted by molar-refractivity contribution is -0.152. The molecule has 4 nitrogen and oxygen atoms in total. The Bertz CT molecular complexity index is 614. The van der Waals surface area contributed by atoms with Crippen molar-refractivity contribution < 1.29 is 19.4 Å². The van der Waals surface area contributed by atoms with Gasteiger partial charge in [-0.2, -0.15) is 0 Å². The number of aliphatic hydroxyl groups excluding tert-OH is 1. The van der Waals surface area contributed by atoms with E-state index in [2.05, 4.69) is 39.8 Å². The van der Waals surface area contributed by atoms with E-state index in [-0.39, 0.29) is 18.0 Å². The summed E-state index contributed by atoms with van der Waals surface area (Å²) >= 11 is 0. The van der Waals surface area contributed by atoms with Gasteiger partial charge in [0.05, 0.1) is 6.10 Å². The highest BCUT2D eigenvalue weighted by Crippen LogP contribution is 2.45. The molecule has 1 aliphatic carbocycles. The number of hydrogen-bond donors (Lipinski definition) is 1. The van der Waals surface area contributed by atoms with E-state index < -0.39 is 17.8 Å². The summed E-state index contributed by atoms with van der Waals surface area (Å²) in [5.41, 5.74) is 2.88. The van der Waals surface area contributed by atoms with Crippen LogP contribution in [0.25, 0.3) is 0 Å². The van der Waals surface area contributed by atoms with Crippen molar-refractivity contribution in [2.24, 2.45) is 5.92 Å². The fourth-order valence-electron chi connectivity index (χ4n) is 3.62. The third kappa shape index (κ3) is 5.08. The Labute approximate surface area is 158 Å². The first-order valence-electron chi connectivity index (χ1n) is 9.71. The number of allylic oxidation sites excluding steroid dienone is 5. The second-order valence-corrected chi connectivity index (χ2v) is 8.23. The maximum Gasteiger partial charge on any atom is 0.303 e. The van der Waals surface area contributed by atoms with E-state index in [1.165, 1.54) is 18.1 Å². The number of carbonyl (C=O) groups is 1. The van der Waals surface area contributed by atoms with Gasteiger partial charge in [-0.1, -0.05) is 43.2 Å². The highest BCUT2D eigenvalue weighted by molar-refractivity contribution is 5.66. The van der Waals surface area contributed by atoms with Crippen LogP contribution in [-0.4, -0.2) is 35.0 Å². The van der Waals surface area contributed by atoms with Crippen LogP contribution < -0.4 is 0 Å². The molecule has 0 aromatic rings. The van der Waals surface area contributed by atoms with E-state index in [0.717, 1.165) is 31.3 Å². The molecule has 0 aromatic heterocycles. The fourth-order valence-corrected chi connectivity index (χ4v) is 3.62. The molecule has 2 aliphatic rings. The maximum absolute atomic E-state index is 11.7. The van der Waals surface area contributed by atoms with Crippen molar-refractivity contribution in [1.82, 2.24) is 0 Å². The summed E-state index contributed by atoms with van der Waals surface area (Å²) in [4.78, 5) is 11.7. The fraction of sp³-hybridized carbons (Fsp3) is 0.682. The number of ether oxygens (including phenoxy) is 2. The Morgan fingerprint density at radius 3 is 2.58 bits per heavy atom. The molecule has 1 aliphatic heterocycles. The van der Waals surface area contributed by atoms with Crippen LogP contribution in [-0.2, 0) is 14.3 Å². The molecule has 0 unspecified atom stereocenters. The van der Waals surface area contributed by atoms with Gasteiger partial charge in [-0.25, -0.2) is 0 Å². The minimum Gasteiger partial charge on any atom is -0.455 e. The van der Waals surface area contributed by atoms with Gasteiger partial charge in [-0.05, 0) is 57.9 Å². The van der Waals surface area contributed by atoms with Gasteiger partial charge >= 0.3 is 5.97 Å². The van der Waals surface area contributed by atoms with E-state index in [0.29, 0.717) is 0 Å². The van der Waals surface area contributed by atoms with Gasteiger partial charge in [0, 0.05) is 6.92 Å². The van der Waals surface area contributed by atoms with E-state index in [4.69, 9.17) is 9.47 Å². The molecule has 0 aromatic carbocycles. The first kappa shape index (κ1) is 20.9. The Kier molecular flexibility index (Phi) is 6.86. The Balaban J connectivity index is 2.40. The van der Waals surface area contributed by atoms with Gasteiger partial charge in [0.1, 0.15) is 11.7 Å². The van der Waals surface area contributed by atoms with Crippen LogP contribution in [0.3, 0.4) is 0 Å². The van der Waals surface area contributed by atoms with E-state index in [9.17, 15) is 9.90 Å². The predicted molar refractivity (Wildman–Crippen MR) is 104 cm³/mol. The summed E-state index contributed by atoms with van der Waals surface area (Å²) in [5.74, 6) is -0.240. The quantitative estimate of drug-likeness (QED) is 0.447. The third-order valence-corrected chi connectivity index (χ3v) is 5.53. The summed E-state index contributed by atoms with van der Waals surface area (Å²) in [7, 11) is 0. The minimum atomic E-state index is -0.883. The van der Waals surface area contributed by atoms with Crippen molar-refractivity contribution in [3.05, 3.63) is 34.9 Å². The first-order valence-corrected chi connectivity index (χ1v) is 9.71. The SMILES string of the molecule is CC(=O)O[C@@H]1/C(C(C)C)=C\C=C(\C)CC/C=C(/C)CC[C@@H]2O[C@@]2(C)[C@H]1O. The van der Waals surface area contributed by atoms with Crippen LogP contribution in [0.5, 0.6) is 0 Å². The molecule has 0 saturated carbocycles. The molecular formula is C22H34O4. The van der Waals surface area contributed by atoms with Gasteiger partial charge in [-0.15, -0.1) is 0 Å². The monoisotopic (exact) mass is 362 g/mol. The zero-order valence-corrected chi connectivity index (χ0v) is 17.0. The standard InChI is InChI=1S/C22H34O4/c1-14(2)18-12-10-15(3)8-7-9-16(4)11-13-19-22(6,26-19)21(24)20(18)25-17(5)23/h9-10,12,14,19-21,24H,7-8,11,13H2,1-6H3/b15-10-,16-9-,18-12-/t19-,20+,21-,22+/m0/s1. The summed E-state index contributed by atoms with van der Waals surface area (Å²) in [6, 6.07) is 0. The van der Waals surface area contributed by atoms with Crippen molar-refractivity contribution in [2.45, 2.75) is 91.1 Å². The zero-order chi connectivity index (χ0) is 19.5. The van der Waals surface area contributed by atoms with Crippen molar-refractivity contribution in [3.63, 3.8) is 0 Å². The number of fused-ring (bicyclic) bond motifs is 1. The van der Waals surface area contributed by atoms with Crippen LogP contribution in [0.2, 0.25) is 0 Å². The lowest BCUT2D eigenvalue weighted by Crippen LogP contribution is -2.44. The van der Waals surface area contributed by atoms with E-state index >= 15 is 0 Å². The molecular weight excluding hydrogens is 328 g/mol. The molecule has 1 fully saturated rings. The number of carbonyl (C=O) groups excluding carboxylic acids is 1. The van der Waals surface area contributed by atoms with Gasteiger partial charge in [-0.3, -0.25) is 4.79 Å².